The second-order valence-electron chi connectivity index (χ2n) is 6.20. The Labute approximate surface area is 162 Å². The molecule has 2 aromatic carbocycles. The van der Waals surface area contributed by atoms with Crippen LogP contribution in [0.15, 0.2) is 35.3 Å². The van der Waals surface area contributed by atoms with Crippen LogP contribution >= 0.6 is 11.3 Å². The summed E-state index contributed by atoms with van der Waals surface area (Å²) < 4.78 is 2.83. The minimum Gasteiger partial charge on any atom is -0.317 e. The second kappa shape index (κ2) is 7.31. The molecule has 28 heavy (non-hydrogen) atoms. The molecule has 0 aliphatic rings. The van der Waals surface area contributed by atoms with Crippen molar-refractivity contribution in [3.63, 3.8) is 0 Å². The van der Waals surface area contributed by atoms with Crippen molar-refractivity contribution in [3.8, 4) is 0 Å². The lowest BCUT2D eigenvalue weighted by Crippen LogP contribution is -2.16. The van der Waals surface area contributed by atoms with E-state index in [0.717, 1.165) is 39.5 Å². The van der Waals surface area contributed by atoms with Gasteiger partial charge in [0.25, 0.3) is 17.3 Å². The molecule has 0 unspecified atom stereocenters. The molecule has 0 radical (unpaired) electrons. The Morgan fingerprint density at radius 3 is 2.14 bits per heavy atom. The minimum absolute atomic E-state index is 0.201. The highest BCUT2D eigenvalue weighted by atomic mass is 32.1. The Morgan fingerprint density at radius 2 is 1.61 bits per heavy atom. The number of hydrogen-bond donors (Lipinski definition) is 0. The van der Waals surface area contributed by atoms with Crippen molar-refractivity contribution in [1.82, 2.24) is 4.57 Å². The maximum atomic E-state index is 12.6. The number of non-ortho nitro benzene ring substituents is 2. The van der Waals surface area contributed by atoms with Gasteiger partial charge in [0.2, 0.25) is 0 Å². The Kier molecular flexibility index (Phi) is 5.06. The van der Waals surface area contributed by atoms with Crippen molar-refractivity contribution in [1.29, 1.82) is 0 Å². The number of carbonyl (C=O) groups excluding carboxylic acids is 1. The fourth-order valence-corrected chi connectivity index (χ4v) is 3.97. The molecule has 144 valence electrons. The Bertz CT molecular complexity index is 1180. The molecule has 0 atom stereocenters. The lowest BCUT2D eigenvalue weighted by atomic mass is 10.1. The molecule has 0 bridgehead atoms. The lowest BCUT2D eigenvalue weighted by molar-refractivity contribution is -0.394. The maximum Gasteiger partial charge on any atom is 0.280 e. The molecular weight excluding hydrogens is 384 g/mol. The van der Waals surface area contributed by atoms with E-state index in [9.17, 15) is 25.0 Å². The number of aryl methyl sites for hydroxylation is 3. The Hall–Kier alpha value is -3.40. The van der Waals surface area contributed by atoms with Crippen LogP contribution in [0.2, 0.25) is 0 Å². The van der Waals surface area contributed by atoms with Crippen LogP contribution in [0, 0.1) is 34.1 Å². The summed E-state index contributed by atoms with van der Waals surface area (Å²) in [5, 5.41) is 22.1. The zero-order valence-corrected chi connectivity index (χ0v) is 16.1. The molecule has 3 aromatic rings. The molecule has 0 saturated heterocycles. The first-order chi connectivity index (χ1) is 13.2. The fourth-order valence-electron chi connectivity index (χ4n) is 2.79. The fraction of sp³-hybridized carbons (Fsp3) is 0.222. The number of amides is 1. The number of thiazole rings is 1. The smallest absolute Gasteiger partial charge is 0.280 e. The van der Waals surface area contributed by atoms with Crippen LogP contribution in [0.1, 0.15) is 28.4 Å². The lowest BCUT2D eigenvalue weighted by Gasteiger charge is -2.03. The third-order valence-corrected chi connectivity index (χ3v) is 5.42. The second-order valence-corrected chi connectivity index (χ2v) is 7.21. The monoisotopic (exact) mass is 400 g/mol. The van der Waals surface area contributed by atoms with Crippen LogP contribution in [0.3, 0.4) is 0 Å². The summed E-state index contributed by atoms with van der Waals surface area (Å²) in [4.78, 5) is 37.7. The van der Waals surface area contributed by atoms with Gasteiger partial charge in [-0.25, -0.2) is 0 Å². The average molecular weight is 400 g/mol. The predicted molar refractivity (Wildman–Crippen MR) is 105 cm³/mol. The van der Waals surface area contributed by atoms with Gasteiger partial charge in [-0.3, -0.25) is 25.0 Å². The van der Waals surface area contributed by atoms with Crippen LogP contribution in [-0.4, -0.2) is 20.3 Å². The Balaban J connectivity index is 2.18. The summed E-state index contributed by atoms with van der Waals surface area (Å²) in [6.45, 7) is 6.48. The van der Waals surface area contributed by atoms with Gasteiger partial charge in [0, 0.05) is 18.7 Å². The van der Waals surface area contributed by atoms with Crippen molar-refractivity contribution >= 4 is 38.8 Å². The molecule has 0 aliphatic carbocycles. The minimum atomic E-state index is -0.777. The molecular formula is C18H16N4O5S. The van der Waals surface area contributed by atoms with Crippen LogP contribution in [0.25, 0.3) is 10.2 Å². The van der Waals surface area contributed by atoms with Crippen molar-refractivity contribution in [2.75, 3.05) is 0 Å². The number of carbonyl (C=O) groups is 1. The van der Waals surface area contributed by atoms with Gasteiger partial charge < -0.3 is 4.57 Å². The van der Waals surface area contributed by atoms with E-state index in [1.165, 1.54) is 11.3 Å². The van der Waals surface area contributed by atoms with Gasteiger partial charge >= 0.3 is 0 Å². The third-order valence-electron chi connectivity index (χ3n) is 4.38. The summed E-state index contributed by atoms with van der Waals surface area (Å²) in [7, 11) is 0. The molecule has 0 N–H and O–H groups in total. The number of benzene rings is 2. The molecule has 3 rings (SSSR count). The quantitative estimate of drug-likeness (QED) is 0.486. The number of hydrogen-bond acceptors (Lipinski definition) is 6. The first-order valence-electron chi connectivity index (χ1n) is 8.34. The SMILES string of the molecule is CCn1c(=NC(=O)c2cc([N+](=O)[O-])cc([N+](=O)[O-])c2)sc2cc(C)c(C)cc21. The first kappa shape index (κ1) is 19.4. The van der Waals surface area contributed by atoms with E-state index >= 15 is 0 Å². The van der Waals surface area contributed by atoms with E-state index in [4.69, 9.17) is 0 Å². The average Bonchev–Trinajstić information content (AvgIpc) is 2.97. The number of fused-ring (bicyclic) bond motifs is 1. The Morgan fingerprint density at radius 1 is 1.04 bits per heavy atom. The van der Waals surface area contributed by atoms with E-state index in [1.807, 2.05) is 37.5 Å². The molecule has 1 heterocycles. The van der Waals surface area contributed by atoms with Gasteiger partial charge in [0.05, 0.1) is 31.7 Å². The summed E-state index contributed by atoms with van der Waals surface area (Å²) in [6, 6.07) is 6.84. The van der Waals surface area contributed by atoms with Crippen molar-refractivity contribution in [2.45, 2.75) is 27.3 Å². The van der Waals surface area contributed by atoms with Crippen LogP contribution in [-0.2, 0) is 6.54 Å². The largest absolute Gasteiger partial charge is 0.317 e. The van der Waals surface area contributed by atoms with Crippen LogP contribution in [0.4, 0.5) is 11.4 Å². The van der Waals surface area contributed by atoms with Crippen LogP contribution in [0.5, 0.6) is 0 Å². The summed E-state index contributed by atoms with van der Waals surface area (Å²) in [5.74, 6) is -0.769. The molecule has 1 amide bonds. The van der Waals surface area contributed by atoms with Gasteiger partial charge in [-0.2, -0.15) is 4.99 Å². The number of aromatic nitrogens is 1. The molecule has 0 spiro atoms. The van der Waals surface area contributed by atoms with Gasteiger partial charge in [0.15, 0.2) is 4.80 Å². The zero-order chi connectivity index (χ0) is 20.6. The normalized spacial score (nSPS) is 11.8. The van der Waals surface area contributed by atoms with Gasteiger partial charge in [-0.15, -0.1) is 0 Å². The molecule has 0 fully saturated rings. The highest BCUT2D eigenvalue weighted by Crippen LogP contribution is 2.24. The summed E-state index contributed by atoms with van der Waals surface area (Å²) in [6.07, 6.45) is 0. The van der Waals surface area contributed by atoms with Crippen molar-refractivity contribution in [2.24, 2.45) is 4.99 Å². The number of nitro benzene ring substituents is 2. The van der Waals surface area contributed by atoms with Gasteiger partial charge in [-0.05, 0) is 44.0 Å². The highest BCUT2D eigenvalue weighted by Gasteiger charge is 2.20. The van der Waals surface area contributed by atoms with Crippen LogP contribution < -0.4 is 4.80 Å². The summed E-state index contributed by atoms with van der Waals surface area (Å²) in [5.41, 5.74) is 1.90. The third kappa shape index (κ3) is 3.54. The number of rotatable bonds is 4. The number of nitro groups is 2. The maximum absolute atomic E-state index is 12.6. The summed E-state index contributed by atoms with van der Waals surface area (Å²) >= 11 is 1.32. The van der Waals surface area contributed by atoms with Gasteiger partial charge in [-0.1, -0.05) is 11.3 Å². The van der Waals surface area contributed by atoms with E-state index < -0.39 is 27.1 Å². The number of nitrogens with zero attached hydrogens (tertiary/aromatic N) is 4. The molecule has 10 heteroatoms. The van der Waals surface area contributed by atoms with E-state index in [0.29, 0.717) is 11.3 Å². The molecule has 9 nitrogen and oxygen atoms in total. The topological polar surface area (TPSA) is 121 Å². The molecule has 0 saturated carbocycles. The standard InChI is InChI=1S/C18H16N4O5S/c1-4-20-15-5-10(2)11(3)6-16(15)28-18(20)19-17(23)12-7-13(21(24)25)9-14(8-12)22(26)27/h5-9H,4H2,1-3H3. The van der Waals surface area contributed by atoms with Crippen molar-refractivity contribution < 1.29 is 14.6 Å². The molecule has 1 aromatic heterocycles. The first-order valence-corrected chi connectivity index (χ1v) is 9.16. The van der Waals surface area contributed by atoms with E-state index in [1.54, 1.807) is 0 Å². The molecule has 0 aliphatic heterocycles. The zero-order valence-electron chi connectivity index (χ0n) is 15.3. The highest BCUT2D eigenvalue weighted by molar-refractivity contribution is 7.16. The van der Waals surface area contributed by atoms with Crippen molar-refractivity contribution in [3.05, 3.63) is 72.1 Å². The van der Waals surface area contributed by atoms with Gasteiger partial charge in [0.1, 0.15) is 0 Å². The predicted octanol–water partition coefficient (Wildman–Crippen LogP) is 3.90. The van der Waals surface area contributed by atoms with E-state index in [-0.39, 0.29) is 5.56 Å². The van der Waals surface area contributed by atoms with E-state index in [2.05, 4.69) is 4.99 Å².